The lowest BCUT2D eigenvalue weighted by molar-refractivity contribution is 0.415. The number of aromatic nitrogens is 4. The van der Waals surface area contributed by atoms with Gasteiger partial charge in [0.1, 0.15) is 12.1 Å². The second-order valence-electron chi connectivity index (χ2n) is 7.27. The second kappa shape index (κ2) is 8.03. The van der Waals surface area contributed by atoms with Crippen LogP contribution in [-0.4, -0.2) is 33.3 Å². The summed E-state index contributed by atoms with van der Waals surface area (Å²) in [5, 5.41) is 0. The van der Waals surface area contributed by atoms with Crippen molar-refractivity contribution in [2.24, 2.45) is 0 Å². The van der Waals surface area contributed by atoms with Gasteiger partial charge in [0, 0.05) is 18.4 Å². The molecule has 0 aliphatic heterocycles. The van der Waals surface area contributed by atoms with Crippen molar-refractivity contribution >= 4 is 22.8 Å². The zero-order valence-corrected chi connectivity index (χ0v) is 17.7. The van der Waals surface area contributed by atoms with Gasteiger partial charge in [-0.05, 0) is 48.5 Å². The summed E-state index contributed by atoms with van der Waals surface area (Å²) in [5.74, 6) is 1.25. The summed E-state index contributed by atoms with van der Waals surface area (Å²) in [4.78, 5) is 24.9. The fraction of sp³-hybridized carbons (Fsp3) is 0.0800. The molecule has 0 spiro atoms. The molecule has 5 rings (SSSR count). The summed E-state index contributed by atoms with van der Waals surface area (Å²) in [6, 6.07) is 26.9. The van der Waals surface area contributed by atoms with E-state index in [4.69, 9.17) is 9.72 Å². The van der Waals surface area contributed by atoms with Crippen molar-refractivity contribution in [3.63, 3.8) is 0 Å². The van der Waals surface area contributed by atoms with Gasteiger partial charge in [-0.1, -0.05) is 36.4 Å². The van der Waals surface area contributed by atoms with Crippen molar-refractivity contribution in [3.8, 4) is 17.1 Å². The predicted molar refractivity (Wildman–Crippen MR) is 126 cm³/mol. The third-order valence-corrected chi connectivity index (χ3v) is 5.36. The predicted octanol–water partition coefficient (Wildman–Crippen LogP) is 4.35. The highest BCUT2D eigenvalue weighted by Gasteiger charge is 2.20. The molecule has 0 atom stereocenters. The highest BCUT2D eigenvalue weighted by atomic mass is 16.5. The minimum absolute atomic E-state index is 0.230. The van der Waals surface area contributed by atoms with Gasteiger partial charge in [0.05, 0.1) is 12.8 Å². The van der Waals surface area contributed by atoms with Gasteiger partial charge < -0.3 is 9.64 Å². The zero-order chi connectivity index (χ0) is 22.1. The smallest absolute Gasteiger partial charge is 0.287 e. The molecular formula is C25H21N5O2. The van der Waals surface area contributed by atoms with E-state index >= 15 is 0 Å². The summed E-state index contributed by atoms with van der Waals surface area (Å²) in [5.41, 5.74) is 3.04. The van der Waals surface area contributed by atoms with Crippen molar-refractivity contribution < 1.29 is 4.74 Å². The molecule has 0 amide bonds. The minimum atomic E-state index is -0.230. The fourth-order valence-corrected chi connectivity index (χ4v) is 3.67. The molecule has 2 heterocycles. The molecule has 0 radical (unpaired) electrons. The molecule has 2 aromatic heterocycles. The van der Waals surface area contributed by atoms with Crippen LogP contribution in [0.5, 0.6) is 5.75 Å². The molecule has 7 nitrogen and oxygen atoms in total. The van der Waals surface area contributed by atoms with Crippen LogP contribution in [0, 0.1) is 0 Å². The first-order chi connectivity index (χ1) is 15.7. The molecule has 158 valence electrons. The van der Waals surface area contributed by atoms with Gasteiger partial charge in [-0.15, -0.1) is 0 Å². The third-order valence-electron chi connectivity index (χ3n) is 5.36. The molecule has 0 saturated heterocycles. The number of fused-ring (bicyclic) bond motifs is 1. The Morgan fingerprint density at radius 1 is 0.844 bits per heavy atom. The van der Waals surface area contributed by atoms with Crippen molar-refractivity contribution in [2.75, 3.05) is 19.1 Å². The zero-order valence-electron chi connectivity index (χ0n) is 17.7. The second-order valence-corrected chi connectivity index (χ2v) is 7.27. The van der Waals surface area contributed by atoms with Crippen molar-refractivity contribution in [1.82, 2.24) is 19.1 Å². The first kappa shape index (κ1) is 19.6. The number of nitrogens with zero attached hydrogens (tertiary/aromatic N) is 5. The largest absolute Gasteiger partial charge is 0.497 e. The molecule has 0 aliphatic rings. The van der Waals surface area contributed by atoms with Crippen LogP contribution in [0.15, 0.2) is 96.1 Å². The molecule has 5 aromatic rings. The van der Waals surface area contributed by atoms with Crippen LogP contribution in [-0.2, 0) is 0 Å². The maximum atomic E-state index is 13.6. The normalized spacial score (nSPS) is 10.9. The molecule has 0 saturated carbocycles. The quantitative estimate of drug-likeness (QED) is 0.421. The summed E-state index contributed by atoms with van der Waals surface area (Å²) < 4.78 is 8.67. The van der Waals surface area contributed by atoms with Crippen LogP contribution in [0.25, 0.3) is 22.5 Å². The van der Waals surface area contributed by atoms with Crippen LogP contribution in [0.3, 0.4) is 0 Å². The van der Waals surface area contributed by atoms with Gasteiger partial charge in [-0.25, -0.2) is 9.55 Å². The molecule has 0 N–H and O–H groups in total. The van der Waals surface area contributed by atoms with E-state index in [1.807, 2.05) is 101 Å². The number of hydrogen-bond donors (Lipinski definition) is 0. The highest BCUT2D eigenvalue weighted by molar-refractivity contribution is 5.76. The van der Waals surface area contributed by atoms with Crippen molar-refractivity contribution in [3.05, 3.63) is 102 Å². The molecule has 0 bridgehead atoms. The van der Waals surface area contributed by atoms with E-state index in [2.05, 4.69) is 4.98 Å². The van der Waals surface area contributed by atoms with Gasteiger partial charge in [0.25, 0.3) is 5.56 Å². The molecule has 32 heavy (non-hydrogen) atoms. The standard InChI is InChI=1S/C25H21N5O2/c1-28(18-9-5-3-6-10-18)25-27-23-22(24(31)30(25)20-11-7-4-8-12-20)26-17-29(23)19-13-15-21(32-2)16-14-19/h3-17H,1-2H3. The number of rotatable bonds is 5. The number of imidazole rings is 1. The van der Waals surface area contributed by atoms with Gasteiger partial charge >= 0.3 is 0 Å². The Kier molecular flexibility index (Phi) is 4.91. The first-order valence-electron chi connectivity index (χ1n) is 10.2. The number of methoxy groups -OCH3 is 1. The lowest BCUT2D eigenvalue weighted by Gasteiger charge is -2.22. The van der Waals surface area contributed by atoms with E-state index in [0.29, 0.717) is 17.1 Å². The van der Waals surface area contributed by atoms with Gasteiger partial charge in [-0.3, -0.25) is 9.36 Å². The molecule has 0 aliphatic carbocycles. The lowest BCUT2D eigenvalue weighted by atomic mass is 10.3. The number of hydrogen-bond acceptors (Lipinski definition) is 5. The Labute approximate surface area is 184 Å². The number of para-hydroxylation sites is 2. The highest BCUT2D eigenvalue weighted by Crippen LogP contribution is 2.26. The van der Waals surface area contributed by atoms with Crippen molar-refractivity contribution in [2.45, 2.75) is 0 Å². The van der Waals surface area contributed by atoms with E-state index in [1.54, 1.807) is 18.0 Å². The average Bonchev–Trinajstić information content (AvgIpc) is 3.29. The van der Waals surface area contributed by atoms with Crippen molar-refractivity contribution in [1.29, 1.82) is 0 Å². The van der Waals surface area contributed by atoms with E-state index in [1.165, 1.54) is 0 Å². The van der Waals surface area contributed by atoms with Crippen LogP contribution in [0.4, 0.5) is 11.6 Å². The van der Waals surface area contributed by atoms with Crippen LogP contribution in [0.1, 0.15) is 0 Å². The Hall–Kier alpha value is -4.39. The molecule has 3 aromatic carbocycles. The fourth-order valence-electron chi connectivity index (χ4n) is 3.67. The van der Waals surface area contributed by atoms with Gasteiger partial charge in [0.2, 0.25) is 5.95 Å². The lowest BCUT2D eigenvalue weighted by Crippen LogP contribution is -2.27. The van der Waals surface area contributed by atoms with E-state index < -0.39 is 0 Å². The monoisotopic (exact) mass is 423 g/mol. The minimum Gasteiger partial charge on any atom is -0.497 e. The van der Waals surface area contributed by atoms with E-state index in [0.717, 1.165) is 22.8 Å². The molecule has 0 unspecified atom stereocenters. The van der Waals surface area contributed by atoms with Gasteiger partial charge in [-0.2, -0.15) is 4.98 Å². The molecule has 7 heteroatoms. The number of benzene rings is 3. The summed E-state index contributed by atoms with van der Waals surface area (Å²) in [6.45, 7) is 0. The number of anilines is 2. The maximum absolute atomic E-state index is 13.6. The average molecular weight is 423 g/mol. The molecular weight excluding hydrogens is 402 g/mol. The summed E-state index contributed by atoms with van der Waals surface area (Å²) >= 11 is 0. The Balaban J connectivity index is 1.77. The van der Waals surface area contributed by atoms with Gasteiger partial charge in [0.15, 0.2) is 11.2 Å². The van der Waals surface area contributed by atoms with E-state index in [-0.39, 0.29) is 5.56 Å². The Morgan fingerprint density at radius 3 is 2.16 bits per heavy atom. The maximum Gasteiger partial charge on any atom is 0.287 e. The Morgan fingerprint density at radius 2 is 1.50 bits per heavy atom. The van der Waals surface area contributed by atoms with E-state index in [9.17, 15) is 4.79 Å². The molecule has 0 fully saturated rings. The topological polar surface area (TPSA) is 65.2 Å². The first-order valence-corrected chi connectivity index (χ1v) is 10.2. The summed E-state index contributed by atoms with van der Waals surface area (Å²) in [7, 11) is 3.53. The Bertz CT molecular complexity index is 1420. The van der Waals surface area contributed by atoms with Crippen LogP contribution >= 0.6 is 0 Å². The SMILES string of the molecule is COc1ccc(-n2cnc3c(=O)n(-c4ccccc4)c(N(C)c4ccccc4)nc32)cc1. The van der Waals surface area contributed by atoms with Crippen LogP contribution in [0.2, 0.25) is 0 Å². The third kappa shape index (κ3) is 3.30. The van der Waals surface area contributed by atoms with Crippen LogP contribution < -0.4 is 15.2 Å². The number of ether oxygens (including phenoxy) is 1. The summed E-state index contributed by atoms with van der Waals surface area (Å²) in [6.07, 6.45) is 1.63.